The maximum atomic E-state index is 5.62. The van der Waals surface area contributed by atoms with E-state index in [4.69, 9.17) is 10.5 Å². The van der Waals surface area contributed by atoms with Crippen molar-refractivity contribution in [2.45, 2.75) is 25.5 Å². The number of halogens is 1. The van der Waals surface area contributed by atoms with Gasteiger partial charge in [0.2, 0.25) is 0 Å². The first kappa shape index (κ1) is 10.7. The second kappa shape index (κ2) is 4.37. The molecule has 1 aromatic rings. The lowest BCUT2D eigenvalue weighted by Gasteiger charge is -2.17. The normalized spacial score (nSPS) is 25.5. The van der Waals surface area contributed by atoms with E-state index in [0.717, 1.165) is 23.3 Å². The molecular weight excluding hydrogens is 258 g/mol. The number of nitrogens with one attached hydrogen (secondary N) is 1. The zero-order valence-electron chi connectivity index (χ0n) is 8.53. The Morgan fingerprint density at radius 3 is 3.07 bits per heavy atom. The van der Waals surface area contributed by atoms with Gasteiger partial charge < -0.3 is 15.8 Å². The summed E-state index contributed by atoms with van der Waals surface area (Å²) in [6, 6.07) is 2.17. The highest BCUT2D eigenvalue weighted by Gasteiger charge is 2.24. The molecule has 15 heavy (non-hydrogen) atoms. The Labute approximate surface area is 97.3 Å². The third-order valence-electron chi connectivity index (χ3n) is 2.56. The van der Waals surface area contributed by atoms with Crippen LogP contribution in [0.5, 0.6) is 0 Å². The zero-order chi connectivity index (χ0) is 10.8. The quantitative estimate of drug-likeness (QED) is 0.864. The Hall–Kier alpha value is -0.810. The van der Waals surface area contributed by atoms with E-state index in [1.165, 1.54) is 0 Å². The van der Waals surface area contributed by atoms with Gasteiger partial charge in [-0.05, 0) is 35.3 Å². The second-order valence-corrected chi connectivity index (χ2v) is 4.57. The van der Waals surface area contributed by atoms with Gasteiger partial charge in [-0.1, -0.05) is 0 Å². The SMILES string of the molecule is CC1OCCC1Nc1ncc(N)cc1Br. The predicted molar refractivity (Wildman–Crippen MR) is 63.8 cm³/mol. The van der Waals surface area contributed by atoms with Crippen molar-refractivity contribution < 1.29 is 4.74 Å². The van der Waals surface area contributed by atoms with Crippen LogP contribution in [0.25, 0.3) is 0 Å². The number of rotatable bonds is 2. The first-order valence-electron chi connectivity index (χ1n) is 4.96. The van der Waals surface area contributed by atoms with Gasteiger partial charge in [0, 0.05) is 6.61 Å². The van der Waals surface area contributed by atoms with Crippen LogP contribution in [-0.2, 0) is 4.74 Å². The van der Waals surface area contributed by atoms with Crippen LogP contribution >= 0.6 is 15.9 Å². The van der Waals surface area contributed by atoms with E-state index in [9.17, 15) is 0 Å². The summed E-state index contributed by atoms with van der Waals surface area (Å²) >= 11 is 3.43. The molecule has 82 valence electrons. The summed E-state index contributed by atoms with van der Waals surface area (Å²) in [5, 5.41) is 3.35. The van der Waals surface area contributed by atoms with Crippen molar-refractivity contribution in [1.82, 2.24) is 4.98 Å². The number of nitrogen functional groups attached to an aromatic ring is 1. The molecule has 2 heterocycles. The van der Waals surface area contributed by atoms with Crippen molar-refractivity contribution in [2.75, 3.05) is 17.7 Å². The first-order chi connectivity index (χ1) is 7.16. The number of anilines is 2. The Balaban J connectivity index is 2.10. The topological polar surface area (TPSA) is 60.2 Å². The molecule has 0 amide bonds. The summed E-state index contributed by atoms with van der Waals surface area (Å²) in [5.41, 5.74) is 6.27. The number of pyridine rings is 1. The summed E-state index contributed by atoms with van der Waals surface area (Å²) in [4.78, 5) is 4.24. The molecular formula is C10H14BrN3O. The van der Waals surface area contributed by atoms with Gasteiger partial charge in [0.05, 0.1) is 28.5 Å². The van der Waals surface area contributed by atoms with Gasteiger partial charge in [0.1, 0.15) is 5.82 Å². The Kier molecular flexibility index (Phi) is 3.11. The van der Waals surface area contributed by atoms with Crippen molar-refractivity contribution in [3.05, 3.63) is 16.7 Å². The molecule has 0 aliphatic carbocycles. The Morgan fingerprint density at radius 1 is 1.67 bits per heavy atom. The minimum Gasteiger partial charge on any atom is -0.397 e. The van der Waals surface area contributed by atoms with E-state index in [1.807, 2.05) is 6.07 Å². The van der Waals surface area contributed by atoms with E-state index < -0.39 is 0 Å². The third kappa shape index (κ3) is 2.41. The summed E-state index contributed by atoms with van der Waals surface area (Å²) in [6.45, 7) is 2.88. The second-order valence-electron chi connectivity index (χ2n) is 3.71. The first-order valence-corrected chi connectivity index (χ1v) is 5.75. The van der Waals surface area contributed by atoms with Crippen LogP contribution in [-0.4, -0.2) is 23.7 Å². The summed E-state index contributed by atoms with van der Waals surface area (Å²) < 4.78 is 6.36. The molecule has 5 heteroatoms. The molecule has 0 bridgehead atoms. The fourth-order valence-corrected chi connectivity index (χ4v) is 2.14. The number of hydrogen-bond donors (Lipinski definition) is 2. The minimum atomic E-state index is 0.233. The van der Waals surface area contributed by atoms with Crippen LogP contribution in [0.15, 0.2) is 16.7 Å². The van der Waals surface area contributed by atoms with Gasteiger partial charge in [-0.25, -0.2) is 4.98 Å². The average molecular weight is 272 g/mol. The number of nitrogens with zero attached hydrogens (tertiary/aromatic N) is 1. The van der Waals surface area contributed by atoms with Crippen LogP contribution in [0.4, 0.5) is 11.5 Å². The summed E-state index contributed by atoms with van der Waals surface area (Å²) in [5.74, 6) is 0.826. The summed E-state index contributed by atoms with van der Waals surface area (Å²) in [7, 11) is 0. The van der Waals surface area contributed by atoms with E-state index in [1.54, 1.807) is 6.20 Å². The molecule has 0 saturated carbocycles. The highest BCUT2D eigenvalue weighted by molar-refractivity contribution is 9.10. The van der Waals surface area contributed by atoms with E-state index in [0.29, 0.717) is 11.7 Å². The lowest BCUT2D eigenvalue weighted by atomic mass is 10.1. The fourth-order valence-electron chi connectivity index (χ4n) is 1.66. The Bertz CT molecular complexity index is 359. The molecule has 0 aromatic carbocycles. The molecule has 0 spiro atoms. The molecule has 4 nitrogen and oxygen atoms in total. The average Bonchev–Trinajstić information content (AvgIpc) is 2.57. The molecule has 0 radical (unpaired) electrons. The van der Waals surface area contributed by atoms with Gasteiger partial charge >= 0.3 is 0 Å². The third-order valence-corrected chi connectivity index (χ3v) is 3.17. The lowest BCUT2D eigenvalue weighted by molar-refractivity contribution is 0.121. The number of aromatic nitrogens is 1. The van der Waals surface area contributed by atoms with Crippen molar-refractivity contribution >= 4 is 27.4 Å². The van der Waals surface area contributed by atoms with Crippen LogP contribution < -0.4 is 11.1 Å². The van der Waals surface area contributed by atoms with E-state index >= 15 is 0 Å². The van der Waals surface area contributed by atoms with Gasteiger partial charge in [0.25, 0.3) is 0 Å². The molecule has 1 fully saturated rings. The van der Waals surface area contributed by atoms with Gasteiger partial charge in [-0.2, -0.15) is 0 Å². The van der Waals surface area contributed by atoms with Crippen LogP contribution in [0.1, 0.15) is 13.3 Å². The largest absolute Gasteiger partial charge is 0.397 e. The van der Waals surface area contributed by atoms with Gasteiger partial charge in [0.15, 0.2) is 0 Å². The Morgan fingerprint density at radius 2 is 2.47 bits per heavy atom. The maximum absolute atomic E-state index is 5.62. The van der Waals surface area contributed by atoms with E-state index in [2.05, 4.69) is 33.2 Å². The molecule has 2 unspecified atom stereocenters. The molecule has 3 N–H and O–H groups in total. The zero-order valence-corrected chi connectivity index (χ0v) is 10.1. The lowest BCUT2D eigenvalue weighted by Crippen LogP contribution is -2.27. The maximum Gasteiger partial charge on any atom is 0.140 e. The van der Waals surface area contributed by atoms with Crippen molar-refractivity contribution in [1.29, 1.82) is 0 Å². The number of nitrogens with two attached hydrogens (primary N) is 1. The standard InChI is InChI=1S/C10H14BrN3O/c1-6-9(2-3-15-6)14-10-8(11)4-7(12)5-13-10/h4-6,9H,2-3,12H2,1H3,(H,13,14). The summed E-state index contributed by atoms with van der Waals surface area (Å²) in [6.07, 6.45) is 2.89. The highest BCUT2D eigenvalue weighted by Crippen LogP contribution is 2.25. The highest BCUT2D eigenvalue weighted by atomic mass is 79.9. The van der Waals surface area contributed by atoms with Crippen molar-refractivity contribution in [3.8, 4) is 0 Å². The number of ether oxygens (including phenoxy) is 1. The van der Waals surface area contributed by atoms with Crippen LogP contribution in [0.3, 0.4) is 0 Å². The monoisotopic (exact) mass is 271 g/mol. The molecule has 1 aromatic heterocycles. The van der Waals surface area contributed by atoms with Crippen LogP contribution in [0, 0.1) is 0 Å². The number of hydrogen-bond acceptors (Lipinski definition) is 4. The van der Waals surface area contributed by atoms with Gasteiger partial charge in [-0.15, -0.1) is 0 Å². The fraction of sp³-hybridized carbons (Fsp3) is 0.500. The van der Waals surface area contributed by atoms with Crippen LogP contribution in [0.2, 0.25) is 0 Å². The van der Waals surface area contributed by atoms with Crippen molar-refractivity contribution in [2.24, 2.45) is 0 Å². The minimum absolute atomic E-state index is 0.233. The smallest absolute Gasteiger partial charge is 0.140 e. The van der Waals surface area contributed by atoms with Crippen molar-refractivity contribution in [3.63, 3.8) is 0 Å². The van der Waals surface area contributed by atoms with E-state index in [-0.39, 0.29) is 6.10 Å². The predicted octanol–water partition coefficient (Wildman–Crippen LogP) is 2.02. The molecule has 2 rings (SSSR count). The molecule has 1 saturated heterocycles. The molecule has 1 aliphatic heterocycles. The molecule has 2 atom stereocenters. The molecule has 1 aliphatic rings. The van der Waals surface area contributed by atoms with Gasteiger partial charge in [-0.3, -0.25) is 0 Å².